The molecule has 128 valence electrons. The molecule has 0 aromatic carbocycles. The van der Waals surface area contributed by atoms with E-state index in [2.05, 4.69) is 10.00 Å². The summed E-state index contributed by atoms with van der Waals surface area (Å²) in [5, 5.41) is 4.20. The Morgan fingerprint density at radius 1 is 1.45 bits per heavy atom. The zero-order chi connectivity index (χ0) is 14.7. The number of carbonyl (C=O) groups excluding carboxylic acids is 1. The van der Waals surface area contributed by atoms with Crippen LogP contribution in [0.25, 0.3) is 0 Å². The van der Waals surface area contributed by atoms with Crippen LogP contribution in [-0.2, 0) is 16.6 Å². The van der Waals surface area contributed by atoms with Crippen molar-refractivity contribution in [1.29, 1.82) is 0 Å². The van der Waals surface area contributed by atoms with Gasteiger partial charge in [-0.15, -0.1) is 24.8 Å². The summed E-state index contributed by atoms with van der Waals surface area (Å²) in [5.41, 5.74) is 7.39. The summed E-state index contributed by atoms with van der Waals surface area (Å²) in [5.74, 6) is 0.0845. The van der Waals surface area contributed by atoms with E-state index >= 15 is 0 Å². The van der Waals surface area contributed by atoms with E-state index in [1.807, 2.05) is 33.3 Å². The van der Waals surface area contributed by atoms with Crippen LogP contribution in [0.1, 0.15) is 31.7 Å². The molecular weight excluding hydrogens is 327 g/mol. The molecule has 1 unspecified atom stereocenters. The first-order valence-electron chi connectivity index (χ1n) is 7.21. The average molecular weight is 353 g/mol. The fraction of sp³-hybridized carbons (Fsp3) is 0.714. The van der Waals surface area contributed by atoms with Gasteiger partial charge in [-0.05, 0) is 18.9 Å². The van der Waals surface area contributed by atoms with Gasteiger partial charge in [0.2, 0.25) is 0 Å². The summed E-state index contributed by atoms with van der Waals surface area (Å²) >= 11 is 0. The third-order valence-electron chi connectivity index (χ3n) is 3.93. The number of aromatic nitrogens is 2. The minimum atomic E-state index is -0.192. The molecule has 0 aliphatic carbocycles. The van der Waals surface area contributed by atoms with Crippen molar-refractivity contribution in [2.24, 2.45) is 12.8 Å². The van der Waals surface area contributed by atoms with Crippen molar-refractivity contribution in [2.45, 2.75) is 38.3 Å². The standard InChI is InChI=1S/C14H24N4O2.2ClH/c1-4-13(14(19)20-5-2)18-8-11(12(15)9-18)10-6-16-17(3)7-10;;/h6-7,11-13H,4-5,8-9,15H2,1-3H3;2*1H/t11-,12+,13?;;/m0../s1. The van der Waals surface area contributed by atoms with E-state index in [0.29, 0.717) is 6.61 Å². The van der Waals surface area contributed by atoms with Gasteiger partial charge < -0.3 is 10.5 Å². The van der Waals surface area contributed by atoms with Crippen molar-refractivity contribution in [3.63, 3.8) is 0 Å². The van der Waals surface area contributed by atoms with Gasteiger partial charge in [0.05, 0.1) is 12.8 Å². The Kier molecular flexibility index (Phi) is 9.00. The number of aryl methyl sites for hydroxylation is 1. The lowest BCUT2D eigenvalue weighted by Gasteiger charge is -2.24. The average Bonchev–Trinajstić information content (AvgIpc) is 2.97. The Hall–Kier alpha value is -0.820. The summed E-state index contributed by atoms with van der Waals surface area (Å²) in [6, 6.07) is -0.162. The quantitative estimate of drug-likeness (QED) is 0.809. The molecule has 0 saturated carbocycles. The summed E-state index contributed by atoms with van der Waals surface area (Å²) in [7, 11) is 1.90. The van der Waals surface area contributed by atoms with Crippen LogP contribution >= 0.6 is 24.8 Å². The zero-order valence-corrected chi connectivity index (χ0v) is 14.9. The van der Waals surface area contributed by atoms with Crippen LogP contribution in [0, 0.1) is 0 Å². The fourth-order valence-corrected chi connectivity index (χ4v) is 2.91. The first kappa shape index (κ1) is 21.2. The highest BCUT2D eigenvalue weighted by atomic mass is 35.5. The number of likely N-dealkylation sites (tertiary alicyclic amines) is 1. The van der Waals surface area contributed by atoms with Crippen LogP contribution in [-0.4, -0.2) is 52.4 Å². The van der Waals surface area contributed by atoms with Crippen molar-refractivity contribution in [3.8, 4) is 0 Å². The van der Waals surface area contributed by atoms with E-state index in [1.165, 1.54) is 0 Å². The van der Waals surface area contributed by atoms with Crippen LogP contribution in [0.4, 0.5) is 0 Å². The number of rotatable bonds is 5. The van der Waals surface area contributed by atoms with E-state index in [9.17, 15) is 4.79 Å². The molecule has 1 fully saturated rings. The summed E-state index contributed by atoms with van der Waals surface area (Å²) in [6.07, 6.45) is 4.60. The molecule has 1 aromatic heterocycles. The first-order valence-corrected chi connectivity index (χ1v) is 7.21. The van der Waals surface area contributed by atoms with Crippen molar-refractivity contribution in [2.75, 3.05) is 19.7 Å². The maximum absolute atomic E-state index is 12.0. The third-order valence-corrected chi connectivity index (χ3v) is 3.93. The molecule has 6 nitrogen and oxygen atoms in total. The monoisotopic (exact) mass is 352 g/mol. The minimum absolute atomic E-state index is 0. The fourth-order valence-electron chi connectivity index (χ4n) is 2.91. The molecule has 3 atom stereocenters. The van der Waals surface area contributed by atoms with E-state index in [4.69, 9.17) is 10.5 Å². The molecule has 22 heavy (non-hydrogen) atoms. The lowest BCUT2D eigenvalue weighted by Crippen LogP contribution is -2.41. The van der Waals surface area contributed by atoms with Gasteiger partial charge in [0, 0.05) is 38.3 Å². The van der Waals surface area contributed by atoms with Crippen molar-refractivity contribution in [3.05, 3.63) is 18.0 Å². The maximum Gasteiger partial charge on any atom is 0.323 e. The van der Waals surface area contributed by atoms with Crippen molar-refractivity contribution >= 4 is 30.8 Å². The highest BCUT2D eigenvalue weighted by Crippen LogP contribution is 2.28. The van der Waals surface area contributed by atoms with Gasteiger partial charge in [-0.1, -0.05) is 6.92 Å². The van der Waals surface area contributed by atoms with E-state index in [1.54, 1.807) is 4.68 Å². The lowest BCUT2D eigenvalue weighted by atomic mass is 9.98. The zero-order valence-electron chi connectivity index (χ0n) is 13.3. The molecule has 0 bridgehead atoms. The molecule has 8 heteroatoms. The number of nitrogens with two attached hydrogens (primary N) is 1. The Balaban J connectivity index is 0.00000220. The Bertz CT molecular complexity index is 469. The SMILES string of the molecule is CCOC(=O)C(CC)N1C[C@@H](N)[C@H](c2cnn(C)c2)C1.Cl.Cl. The van der Waals surface area contributed by atoms with Gasteiger partial charge in [-0.25, -0.2) is 0 Å². The van der Waals surface area contributed by atoms with E-state index < -0.39 is 0 Å². The normalized spacial score (nSPS) is 22.5. The first-order chi connectivity index (χ1) is 9.56. The van der Waals surface area contributed by atoms with Crippen molar-refractivity contribution < 1.29 is 9.53 Å². The van der Waals surface area contributed by atoms with Gasteiger partial charge in [-0.3, -0.25) is 14.4 Å². The number of nitrogens with zero attached hydrogens (tertiary/aromatic N) is 3. The van der Waals surface area contributed by atoms with Crippen LogP contribution in [0.5, 0.6) is 0 Å². The molecule has 1 saturated heterocycles. The largest absolute Gasteiger partial charge is 0.465 e. The molecule has 2 heterocycles. The van der Waals surface area contributed by atoms with Crippen LogP contribution in [0.2, 0.25) is 0 Å². The maximum atomic E-state index is 12.0. The predicted molar refractivity (Wildman–Crippen MR) is 90.7 cm³/mol. The third kappa shape index (κ3) is 4.59. The summed E-state index contributed by atoms with van der Waals surface area (Å²) in [4.78, 5) is 14.1. The number of esters is 1. The highest BCUT2D eigenvalue weighted by Gasteiger charge is 2.37. The second-order valence-corrected chi connectivity index (χ2v) is 5.35. The van der Waals surface area contributed by atoms with Gasteiger partial charge in [0.1, 0.15) is 6.04 Å². The molecule has 1 aromatic rings. The van der Waals surface area contributed by atoms with Gasteiger partial charge >= 0.3 is 5.97 Å². The molecule has 0 spiro atoms. The Morgan fingerprint density at radius 3 is 2.64 bits per heavy atom. The number of hydrogen-bond acceptors (Lipinski definition) is 5. The Labute approximate surface area is 144 Å². The highest BCUT2D eigenvalue weighted by molar-refractivity contribution is 5.85. The number of halogens is 2. The Morgan fingerprint density at radius 2 is 2.14 bits per heavy atom. The summed E-state index contributed by atoms with van der Waals surface area (Å²) < 4.78 is 6.93. The van der Waals surface area contributed by atoms with Gasteiger partial charge in [0.25, 0.3) is 0 Å². The second-order valence-electron chi connectivity index (χ2n) is 5.35. The molecule has 0 amide bonds. The molecule has 1 aliphatic heterocycles. The number of ether oxygens (including phenoxy) is 1. The van der Waals surface area contributed by atoms with Gasteiger partial charge in [0.15, 0.2) is 0 Å². The minimum Gasteiger partial charge on any atom is -0.465 e. The lowest BCUT2D eigenvalue weighted by molar-refractivity contribution is -0.149. The molecule has 2 N–H and O–H groups in total. The molecule has 0 radical (unpaired) electrons. The number of carbonyl (C=O) groups is 1. The van der Waals surface area contributed by atoms with Crippen molar-refractivity contribution in [1.82, 2.24) is 14.7 Å². The van der Waals surface area contributed by atoms with Crippen LogP contribution < -0.4 is 5.73 Å². The molecule has 2 rings (SSSR count). The summed E-state index contributed by atoms with van der Waals surface area (Å²) in [6.45, 7) is 5.76. The van der Waals surface area contributed by atoms with Crippen LogP contribution in [0.3, 0.4) is 0 Å². The van der Waals surface area contributed by atoms with Crippen LogP contribution in [0.15, 0.2) is 12.4 Å². The topological polar surface area (TPSA) is 73.4 Å². The molecular formula is C14H26Cl2N4O2. The smallest absolute Gasteiger partial charge is 0.323 e. The van der Waals surface area contributed by atoms with E-state index in [-0.39, 0.29) is 48.8 Å². The van der Waals surface area contributed by atoms with E-state index in [0.717, 1.165) is 25.1 Å². The molecule has 1 aliphatic rings. The second kappa shape index (κ2) is 9.35. The number of hydrogen-bond donors (Lipinski definition) is 1. The van der Waals surface area contributed by atoms with Gasteiger partial charge in [-0.2, -0.15) is 5.10 Å². The predicted octanol–water partition coefficient (Wildman–Crippen LogP) is 1.33.